The van der Waals surface area contributed by atoms with Crippen LogP contribution in [0.5, 0.6) is 0 Å². The zero-order chi connectivity index (χ0) is 17.4. The molecule has 24 heavy (non-hydrogen) atoms. The Bertz CT molecular complexity index is 551. The van der Waals surface area contributed by atoms with Crippen molar-refractivity contribution in [1.29, 1.82) is 0 Å². The first-order valence-corrected chi connectivity index (χ1v) is 8.58. The number of β-amino-alcohol motifs (C(OH)–C–C–N with tert-alkyl or cyclic N) is 1. The summed E-state index contributed by atoms with van der Waals surface area (Å²) >= 11 is 0. The number of anilines is 1. The summed E-state index contributed by atoms with van der Waals surface area (Å²) in [4.78, 5) is 11.0. The molecule has 0 amide bonds. The molecule has 132 valence electrons. The van der Waals surface area contributed by atoms with Gasteiger partial charge in [0.05, 0.1) is 17.8 Å². The van der Waals surface area contributed by atoms with E-state index in [9.17, 15) is 0 Å². The van der Waals surface area contributed by atoms with E-state index in [2.05, 4.69) is 20.2 Å². The Morgan fingerprint density at radius 2 is 1.88 bits per heavy atom. The van der Waals surface area contributed by atoms with Crippen molar-refractivity contribution in [3.63, 3.8) is 0 Å². The van der Waals surface area contributed by atoms with Crippen LogP contribution in [-0.2, 0) is 9.31 Å². The van der Waals surface area contributed by atoms with Crippen LogP contribution in [0, 0.1) is 0 Å². The minimum absolute atomic E-state index is 0.200. The number of likely N-dealkylation sites (tertiary alicyclic amines) is 1. The Kier molecular flexibility index (Phi) is 4.83. The van der Waals surface area contributed by atoms with E-state index >= 15 is 0 Å². The van der Waals surface area contributed by atoms with Gasteiger partial charge in [0.15, 0.2) is 0 Å². The lowest BCUT2D eigenvalue weighted by Crippen LogP contribution is -2.41. The topological polar surface area (TPSA) is 79.7 Å². The molecule has 0 saturated carbocycles. The van der Waals surface area contributed by atoms with Crippen molar-refractivity contribution in [2.24, 2.45) is 0 Å². The molecular weight excluding hydrogens is 307 g/mol. The van der Waals surface area contributed by atoms with Crippen molar-refractivity contribution in [3.05, 3.63) is 12.4 Å². The van der Waals surface area contributed by atoms with Crippen molar-refractivity contribution < 1.29 is 14.4 Å². The molecule has 0 bridgehead atoms. The van der Waals surface area contributed by atoms with Gasteiger partial charge in [-0.3, -0.25) is 4.90 Å². The maximum Gasteiger partial charge on any atom is 0.498 e. The molecular formula is C16H27BN4O3. The first kappa shape index (κ1) is 17.6. The van der Waals surface area contributed by atoms with Crippen LogP contribution < -0.4 is 10.8 Å². The van der Waals surface area contributed by atoms with Crippen molar-refractivity contribution in [2.75, 3.05) is 31.6 Å². The van der Waals surface area contributed by atoms with Crippen molar-refractivity contribution in [2.45, 2.75) is 51.4 Å². The van der Waals surface area contributed by atoms with Crippen LogP contribution >= 0.6 is 0 Å². The van der Waals surface area contributed by atoms with Gasteiger partial charge in [-0.15, -0.1) is 0 Å². The van der Waals surface area contributed by atoms with Crippen LogP contribution in [0.4, 0.5) is 5.95 Å². The predicted octanol–water partition coefficient (Wildman–Crippen LogP) is 0.254. The molecule has 0 aromatic carbocycles. The molecule has 0 spiro atoms. The van der Waals surface area contributed by atoms with Gasteiger partial charge >= 0.3 is 7.12 Å². The quantitative estimate of drug-likeness (QED) is 0.748. The Morgan fingerprint density at radius 3 is 2.46 bits per heavy atom. The highest BCUT2D eigenvalue weighted by Crippen LogP contribution is 2.36. The molecule has 3 heterocycles. The fourth-order valence-electron chi connectivity index (χ4n) is 2.99. The van der Waals surface area contributed by atoms with E-state index in [1.807, 2.05) is 27.7 Å². The third kappa shape index (κ3) is 3.56. The Balaban J connectivity index is 1.59. The van der Waals surface area contributed by atoms with Crippen LogP contribution in [0.25, 0.3) is 0 Å². The summed E-state index contributed by atoms with van der Waals surface area (Å²) in [6.45, 7) is 10.9. The van der Waals surface area contributed by atoms with Crippen LogP contribution in [0.1, 0.15) is 34.1 Å². The number of hydrogen-bond acceptors (Lipinski definition) is 7. The molecule has 7 nitrogen and oxygen atoms in total. The molecule has 8 heteroatoms. The summed E-state index contributed by atoms with van der Waals surface area (Å²) in [6, 6.07) is 0.319. The highest BCUT2D eigenvalue weighted by atomic mass is 16.7. The summed E-state index contributed by atoms with van der Waals surface area (Å²) < 4.78 is 12.0. The van der Waals surface area contributed by atoms with Gasteiger partial charge < -0.3 is 19.7 Å². The summed E-state index contributed by atoms with van der Waals surface area (Å²) in [5.41, 5.74) is 0.0935. The third-order valence-electron chi connectivity index (χ3n) is 5.22. The molecule has 1 atom stereocenters. The lowest BCUT2D eigenvalue weighted by Gasteiger charge is -2.32. The molecule has 2 saturated heterocycles. The van der Waals surface area contributed by atoms with Gasteiger partial charge in [0.25, 0.3) is 0 Å². The number of aliphatic hydroxyl groups excluding tert-OH is 1. The molecule has 0 unspecified atom stereocenters. The average Bonchev–Trinajstić information content (AvgIpc) is 3.02. The van der Waals surface area contributed by atoms with Crippen LogP contribution in [-0.4, -0.2) is 70.6 Å². The van der Waals surface area contributed by atoms with E-state index in [4.69, 9.17) is 14.4 Å². The Morgan fingerprint density at radius 1 is 1.25 bits per heavy atom. The second-order valence-corrected chi connectivity index (χ2v) is 7.58. The highest BCUT2D eigenvalue weighted by Gasteiger charge is 2.51. The van der Waals surface area contributed by atoms with Gasteiger partial charge in [0.1, 0.15) is 0 Å². The van der Waals surface area contributed by atoms with Gasteiger partial charge in [0, 0.05) is 43.5 Å². The minimum Gasteiger partial charge on any atom is -0.399 e. The van der Waals surface area contributed by atoms with Crippen LogP contribution in [0.3, 0.4) is 0 Å². The van der Waals surface area contributed by atoms with Gasteiger partial charge in [0.2, 0.25) is 5.95 Å². The van der Waals surface area contributed by atoms with Crippen LogP contribution in [0.15, 0.2) is 12.4 Å². The molecule has 2 aliphatic rings. The zero-order valence-corrected chi connectivity index (χ0v) is 15.0. The molecule has 0 radical (unpaired) electrons. The fourth-order valence-corrected chi connectivity index (χ4v) is 2.99. The van der Waals surface area contributed by atoms with Gasteiger partial charge in [-0.1, -0.05) is 0 Å². The second-order valence-electron chi connectivity index (χ2n) is 7.58. The van der Waals surface area contributed by atoms with E-state index in [0.717, 1.165) is 31.5 Å². The molecule has 2 N–H and O–H groups in total. The molecule has 2 aliphatic heterocycles. The maximum absolute atomic E-state index is 9.00. The van der Waals surface area contributed by atoms with Gasteiger partial charge in [-0.25, -0.2) is 9.97 Å². The molecule has 2 fully saturated rings. The summed E-state index contributed by atoms with van der Waals surface area (Å²) in [6.07, 6.45) is 4.55. The number of aliphatic hydroxyl groups is 1. The van der Waals surface area contributed by atoms with Crippen molar-refractivity contribution in [1.82, 2.24) is 14.9 Å². The largest absolute Gasteiger partial charge is 0.498 e. The average molecular weight is 334 g/mol. The lowest BCUT2D eigenvalue weighted by atomic mass is 9.81. The van der Waals surface area contributed by atoms with E-state index in [1.54, 1.807) is 12.4 Å². The molecule has 1 aromatic heterocycles. The van der Waals surface area contributed by atoms with Crippen LogP contribution in [0.2, 0.25) is 0 Å². The lowest BCUT2D eigenvalue weighted by molar-refractivity contribution is 0.00578. The summed E-state index contributed by atoms with van der Waals surface area (Å²) in [7, 11) is -0.435. The third-order valence-corrected chi connectivity index (χ3v) is 5.22. The van der Waals surface area contributed by atoms with Gasteiger partial charge in [-0.05, 0) is 34.1 Å². The molecule has 3 rings (SSSR count). The van der Waals surface area contributed by atoms with E-state index in [-0.39, 0.29) is 17.8 Å². The number of rotatable bonds is 5. The van der Waals surface area contributed by atoms with Gasteiger partial charge in [-0.2, -0.15) is 0 Å². The standard InChI is InChI=1S/C16H27BN4O3/c1-15(2)16(3,4)24-17(23-15)12-9-18-14(19-10-12)20-13-5-6-21(11-13)7-8-22/h9-10,13,22H,5-8,11H2,1-4H3,(H,18,19,20)/t13-/m0/s1. The normalized spacial score (nSPS) is 26.0. The number of aromatic nitrogens is 2. The zero-order valence-electron chi connectivity index (χ0n) is 15.0. The van der Waals surface area contributed by atoms with E-state index in [0.29, 0.717) is 12.0 Å². The highest BCUT2D eigenvalue weighted by molar-refractivity contribution is 6.61. The molecule has 1 aromatic rings. The molecule has 0 aliphatic carbocycles. The minimum atomic E-state index is -0.435. The fraction of sp³-hybridized carbons (Fsp3) is 0.750. The number of nitrogens with one attached hydrogen (secondary N) is 1. The first-order valence-electron chi connectivity index (χ1n) is 8.58. The second kappa shape index (κ2) is 6.59. The summed E-state index contributed by atoms with van der Waals surface area (Å²) in [5.74, 6) is 0.617. The van der Waals surface area contributed by atoms with E-state index < -0.39 is 7.12 Å². The monoisotopic (exact) mass is 334 g/mol. The predicted molar refractivity (Wildman–Crippen MR) is 93.3 cm³/mol. The number of hydrogen-bond donors (Lipinski definition) is 2. The first-order chi connectivity index (χ1) is 11.3. The summed E-state index contributed by atoms with van der Waals surface area (Å²) in [5, 5.41) is 12.4. The van der Waals surface area contributed by atoms with Crippen molar-refractivity contribution >= 4 is 18.5 Å². The Hall–Kier alpha value is -1.22. The maximum atomic E-state index is 9.00. The van der Waals surface area contributed by atoms with Crippen molar-refractivity contribution in [3.8, 4) is 0 Å². The SMILES string of the molecule is CC1(C)OB(c2cnc(N[C@H]3CCN(CCO)C3)nc2)OC1(C)C. The Labute approximate surface area is 143 Å². The smallest absolute Gasteiger partial charge is 0.399 e. The van der Waals surface area contributed by atoms with E-state index in [1.165, 1.54) is 0 Å². The number of nitrogens with zero attached hydrogens (tertiary/aromatic N) is 3.